The van der Waals surface area contributed by atoms with Gasteiger partial charge in [0.25, 0.3) is 11.8 Å². The second-order valence-electron chi connectivity index (χ2n) is 9.50. The van der Waals surface area contributed by atoms with Crippen LogP contribution in [0, 0.1) is 0 Å². The molecule has 2 heterocycles. The maximum absolute atomic E-state index is 12.9. The van der Waals surface area contributed by atoms with Crippen molar-refractivity contribution in [2.75, 3.05) is 13.1 Å². The molecule has 2 atom stereocenters. The minimum atomic E-state index is -1.68. The van der Waals surface area contributed by atoms with E-state index in [0.717, 1.165) is 0 Å². The van der Waals surface area contributed by atoms with Gasteiger partial charge in [-0.3, -0.25) is 14.4 Å². The van der Waals surface area contributed by atoms with Gasteiger partial charge < -0.3 is 46.4 Å². The molecular formula is C27H30N6O8. The number of nitrogens with one attached hydrogen (secondary N) is 3. The third kappa shape index (κ3) is 6.55. The summed E-state index contributed by atoms with van der Waals surface area (Å²) in [6.07, 6.45) is -1.63. The average molecular weight is 567 g/mol. The highest BCUT2D eigenvalue weighted by molar-refractivity contribution is 6.04. The van der Waals surface area contributed by atoms with E-state index in [4.69, 9.17) is 15.7 Å². The Balaban J connectivity index is 1.28. The number of rotatable bonds is 9. The van der Waals surface area contributed by atoms with Crippen molar-refractivity contribution in [2.45, 2.75) is 38.1 Å². The second-order valence-corrected chi connectivity index (χ2v) is 9.50. The number of oxime groups is 1. The van der Waals surface area contributed by atoms with Gasteiger partial charge >= 0.3 is 5.97 Å². The molecule has 4 rings (SSSR count). The molecule has 1 fully saturated rings. The number of amides is 3. The van der Waals surface area contributed by atoms with Crippen LogP contribution < -0.4 is 16.4 Å². The van der Waals surface area contributed by atoms with E-state index >= 15 is 0 Å². The smallest absolute Gasteiger partial charge is 0.354 e. The Morgan fingerprint density at radius 2 is 1.66 bits per heavy atom. The van der Waals surface area contributed by atoms with Gasteiger partial charge in [-0.2, -0.15) is 0 Å². The first-order valence-electron chi connectivity index (χ1n) is 12.8. The third-order valence-corrected chi connectivity index (χ3v) is 6.74. The molecule has 2 unspecified atom stereocenters. The fourth-order valence-corrected chi connectivity index (χ4v) is 4.51. The standard InChI is InChI=1S/C27H30N6O8/c1-14(29-23(35)16-8-6-15(7-9-16)22(28)32-40)26(37)33-12-10-17(11-13-33)41-25(27(38)39)31-24(36)20-21(34)18-4-2-3-5-19(18)30-20/h2-9,14,17,25,30,34,40H,10-13H2,1H3,(H2,28,32)(H,29,35)(H,31,36)(H,38,39). The zero-order chi connectivity index (χ0) is 29.7. The molecule has 3 aromatic rings. The lowest BCUT2D eigenvalue weighted by molar-refractivity contribution is -0.159. The van der Waals surface area contributed by atoms with Gasteiger partial charge in [0.2, 0.25) is 12.1 Å². The molecule has 0 saturated carbocycles. The van der Waals surface area contributed by atoms with Gasteiger partial charge in [-0.15, -0.1) is 0 Å². The van der Waals surface area contributed by atoms with Crippen molar-refractivity contribution in [3.8, 4) is 5.75 Å². The Bertz CT molecular complexity index is 1480. The van der Waals surface area contributed by atoms with Gasteiger partial charge in [-0.05, 0) is 44.0 Å². The van der Waals surface area contributed by atoms with E-state index in [0.29, 0.717) is 29.3 Å². The summed E-state index contributed by atoms with van der Waals surface area (Å²) in [5.41, 5.74) is 6.57. The van der Waals surface area contributed by atoms with Crippen molar-refractivity contribution in [3.05, 3.63) is 65.4 Å². The van der Waals surface area contributed by atoms with Crippen molar-refractivity contribution >= 4 is 40.4 Å². The van der Waals surface area contributed by atoms with Crippen molar-refractivity contribution in [1.29, 1.82) is 0 Å². The number of nitrogens with zero attached hydrogens (tertiary/aromatic N) is 2. The second kappa shape index (κ2) is 12.4. The zero-order valence-electron chi connectivity index (χ0n) is 22.0. The maximum atomic E-state index is 12.9. The quantitative estimate of drug-likeness (QED) is 0.0643. The molecule has 1 saturated heterocycles. The molecular weight excluding hydrogens is 536 g/mol. The summed E-state index contributed by atoms with van der Waals surface area (Å²) in [5, 5.41) is 37.0. The van der Waals surface area contributed by atoms with Crippen molar-refractivity contribution in [1.82, 2.24) is 20.5 Å². The summed E-state index contributed by atoms with van der Waals surface area (Å²) in [5.74, 6) is -3.45. The van der Waals surface area contributed by atoms with E-state index in [1.54, 1.807) is 36.1 Å². The number of fused-ring (bicyclic) bond motifs is 1. The normalized spacial score (nSPS) is 15.7. The van der Waals surface area contributed by atoms with Crippen LogP contribution in [0.25, 0.3) is 10.9 Å². The molecule has 41 heavy (non-hydrogen) atoms. The van der Waals surface area contributed by atoms with Crippen LogP contribution in [0.2, 0.25) is 0 Å². The largest absolute Gasteiger partial charge is 0.505 e. The molecule has 8 N–H and O–H groups in total. The number of H-pyrrole nitrogens is 1. The number of para-hydroxylation sites is 1. The van der Waals surface area contributed by atoms with E-state index in [9.17, 15) is 29.4 Å². The van der Waals surface area contributed by atoms with Gasteiger partial charge in [0.1, 0.15) is 11.7 Å². The Kier molecular flexibility index (Phi) is 8.72. The number of aromatic nitrogens is 1. The van der Waals surface area contributed by atoms with Crippen LogP contribution in [0.4, 0.5) is 0 Å². The van der Waals surface area contributed by atoms with Gasteiger partial charge in [0.15, 0.2) is 11.6 Å². The molecule has 216 valence electrons. The molecule has 0 aliphatic carbocycles. The van der Waals surface area contributed by atoms with E-state index < -0.39 is 36.2 Å². The first-order valence-corrected chi connectivity index (χ1v) is 12.8. The van der Waals surface area contributed by atoms with E-state index in [1.165, 1.54) is 24.3 Å². The molecule has 0 spiro atoms. The molecule has 3 amide bonds. The van der Waals surface area contributed by atoms with Crippen LogP contribution in [-0.2, 0) is 14.3 Å². The SMILES string of the molecule is CC(NC(=O)c1ccc(/C(N)=N/O)cc1)C(=O)N1CCC(OC(NC(=O)c2[nH]c3ccccc3c2O)C(=O)O)CC1. The number of ether oxygens (including phenoxy) is 1. The average Bonchev–Trinajstić information content (AvgIpc) is 3.32. The molecule has 1 aliphatic heterocycles. The number of carboxylic acid groups (broad SMARTS) is 1. The first kappa shape index (κ1) is 28.9. The number of aliphatic carboxylic acids is 1. The van der Waals surface area contributed by atoms with Crippen LogP contribution in [0.15, 0.2) is 53.7 Å². The number of nitrogens with two attached hydrogens (primary N) is 1. The fourth-order valence-electron chi connectivity index (χ4n) is 4.51. The Labute approximate surface area is 233 Å². The van der Waals surface area contributed by atoms with E-state index in [2.05, 4.69) is 20.8 Å². The maximum Gasteiger partial charge on any atom is 0.354 e. The molecule has 2 aromatic carbocycles. The summed E-state index contributed by atoms with van der Waals surface area (Å²) in [6, 6.07) is 11.9. The monoisotopic (exact) mass is 566 g/mol. The number of likely N-dealkylation sites (tertiary alicyclic amines) is 1. The summed E-state index contributed by atoms with van der Waals surface area (Å²) in [6.45, 7) is 2.06. The molecule has 1 aliphatic rings. The lowest BCUT2D eigenvalue weighted by Gasteiger charge is -2.34. The number of piperidine rings is 1. The number of hydrogen-bond donors (Lipinski definition) is 7. The number of carboxylic acids is 1. The van der Waals surface area contributed by atoms with E-state index in [-0.39, 0.29) is 41.8 Å². The topological polar surface area (TPSA) is 220 Å². The molecule has 1 aromatic heterocycles. The Hall–Kier alpha value is -5.11. The molecule has 14 nitrogen and oxygen atoms in total. The highest BCUT2D eigenvalue weighted by Gasteiger charge is 2.32. The summed E-state index contributed by atoms with van der Waals surface area (Å²) in [4.78, 5) is 54.3. The van der Waals surface area contributed by atoms with Gasteiger partial charge in [-0.1, -0.05) is 29.4 Å². The number of aromatic hydroxyl groups is 1. The van der Waals surface area contributed by atoms with Crippen LogP contribution >= 0.6 is 0 Å². The Morgan fingerprint density at radius 1 is 1.02 bits per heavy atom. The number of carbonyl (C=O) groups is 4. The first-order chi connectivity index (χ1) is 19.6. The predicted molar refractivity (Wildman–Crippen MR) is 145 cm³/mol. The molecule has 14 heteroatoms. The van der Waals surface area contributed by atoms with Crippen LogP contribution in [-0.4, -0.2) is 86.3 Å². The lowest BCUT2D eigenvalue weighted by atomic mass is 10.1. The van der Waals surface area contributed by atoms with Crippen molar-refractivity contribution < 1.29 is 39.3 Å². The zero-order valence-corrected chi connectivity index (χ0v) is 22.0. The highest BCUT2D eigenvalue weighted by atomic mass is 16.5. The fraction of sp³-hybridized carbons (Fsp3) is 0.296. The van der Waals surface area contributed by atoms with Crippen molar-refractivity contribution in [2.24, 2.45) is 10.9 Å². The van der Waals surface area contributed by atoms with E-state index in [1.807, 2.05) is 0 Å². The predicted octanol–water partition coefficient (Wildman–Crippen LogP) is 0.935. The number of benzene rings is 2. The summed E-state index contributed by atoms with van der Waals surface area (Å²) < 4.78 is 5.64. The minimum absolute atomic E-state index is 0.0987. The summed E-state index contributed by atoms with van der Waals surface area (Å²) >= 11 is 0. The van der Waals surface area contributed by atoms with Gasteiger partial charge in [0, 0.05) is 35.1 Å². The summed E-state index contributed by atoms with van der Waals surface area (Å²) in [7, 11) is 0. The number of carbonyl (C=O) groups excluding carboxylic acids is 3. The van der Waals surface area contributed by atoms with Crippen LogP contribution in [0.3, 0.4) is 0 Å². The Morgan fingerprint density at radius 3 is 2.27 bits per heavy atom. The minimum Gasteiger partial charge on any atom is -0.505 e. The number of hydrogen-bond acceptors (Lipinski definition) is 8. The van der Waals surface area contributed by atoms with Gasteiger partial charge in [-0.25, -0.2) is 4.79 Å². The lowest BCUT2D eigenvalue weighted by Crippen LogP contribution is -2.51. The number of amidine groups is 1. The molecule has 0 radical (unpaired) electrons. The molecule has 0 bridgehead atoms. The van der Waals surface area contributed by atoms with Gasteiger partial charge in [0.05, 0.1) is 6.10 Å². The third-order valence-electron chi connectivity index (χ3n) is 6.74. The highest BCUT2D eigenvalue weighted by Crippen LogP contribution is 2.28. The van der Waals surface area contributed by atoms with Crippen LogP contribution in [0.1, 0.15) is 46.2 Å². The number of aromatic amines is 1. The van der Waals surface area contributed by atoms with Crippen LogP contribution in [0.5, 0.6) is 5.75 Å². The van der Waals surface area contributed by atoms with Crippen molar-refractivity contribution in [3.63, 3.8) is 0 Å².